The van der Waals surface area contributed by atoms with Gasteiger partial charge in [0.2, 0.25) is 0 Å². The number of anilines is 1. The molecule has 1 amide bonds. The van der Waals surface area contributed by atoms with Gasteiger partial charge in [0.25, 0.3) is 5.24 Å². The Morgan fingerprint density at radius 1 is 0.875 bits per heavy atom. The monoisotopic (exact) mass is 453 g/mol. The van der Waals surface area contributed by atoms with Crippen molar-refractivity contribution < 1.29 is 4.79 Å². The summed E-state index contributed by atoms with van der Waals surface area (Å²) in [5.74, 6) is 0. The fraction of sp³-hybridized carbons (Fsp3) is 0.0385. The van der Waals surface area contributed by atoms with Crippen molar-refractivity contribution >= 4 is 46.0 Å². The molecule has 0 saturated carbocycles. The Morgan fingerprint density at radius 2 is 1.53 bits per heavy atom. The summed E-state index contributed by atoms with van der Waals surface area (Å²) in [6.07, 6.45) is 3.95. The molecule has 4 nitrogen and oxygen atoms in total. The van der Waals surface area contributed by atoms with E-state index in [0.717, 1.165) is 50.4 Å². The smallest absolute Gasteiger partial charge is 0.261 e. The Balaban J connectivity index is 1.57. The van der Waals surface area contributed by atoms with E-state index in [1.54, 1.807) is 4.90 Å². The first kappa shape index (κ1) is 20.4. The lowest BCUT2D eigenvalue weighted by Crippen LogP contribution is -2.26. The predicted octanol–water partition coefficient (Wildman–Crippen LogP) is 6.89. The molecule has 1 fully saturated rings. The average molecular weight is 454 g/mol. The van der Waals surface area contributed by atoms with E-state index in [4.69, 9.17) is 17.3 Å². The van der Waals surface area contributed by atoms with Gasteiger partial charge in [-0.05, 0) is 49.0 Å². The van der Waals surface area contributed by atoms with Crippen LogP contribution in [0.15, 0.2) is 96.0 Å². The van der Waals surface area contributed by atoms with Gasteiger partial charge in [-0.1, -0.05) is 78.4 Å². The van der Waals surface area contributed by atoms with E-state index < -0.39 is 0 Å². The van der Waals surface area contributed by atoms with Crippen LogP contribution in [0.2, 0.25) is 0 Å². The van der Waals surface area contributed by atoms with Gasteiger partial charge < -0.3 is 0 Å². The Bertz CT molecular complexity index is 1330. The normalized spacial score (nSPS) is 15.0. The van der Waals surface area contributed by atoms with Crippen molar-refractivity contribution in [3.8, 4) is 16.9 Å². The van der Waals surface area contributed by atoms with Gasteiger partial charge in [-0.15, -0.1) is 0 Å². The number of carbonyl (C=O) groups excluding carboxylic acids is 1. The third-order valence-electron chi connectivity index (χ3n) is 5.18. The molecule has 6 heteroatoms. The number of para-hydroxylation sites is 1. The molecule has 3 aromatic carbocycles. The second-order valence-corrected chi connectivity index (χ2v) is 8.81. The number of benzene rings is 3. The summed E-state index contributed by atoms with van der Waals surface area (Å²) >= 11 is 6.86. The summed E-state index contributed by atoms with van der Waals surface area (Å²) in [6.45, 7) is 2.02. The molecule has 0 spiro atoms. The Kier molecular flexibility index (Phi) is 5.47. The highest BCUT2D eigenvalue weighted by molar-refractivity contribution is 8.20. The highest BCUT2D eigenvalue weighted by Crippen LogP contribution is 2.38. The number of aromatic nitrogens is 2. The van der Waals surface area contributed by atoms with E-state index >= 15 is 0 Å². The van der Waals surface area contributed by atoms with Crippen molar-refractivity contribution in [1.82, 2.24) is 9.78 Å². The van der Waals surface area contributed by atoms with Gasteiger partial charge in [0.05, 0.1) is 22.0 Å². The molecule has 4 aromatic rings. The third-order valence-corrected chi connectivity index (χ3v) is 6.60. The van der Waals surface area contributed by atoms with Crippen LogP contribution in [0.5, 0.6) is 0 Å². The number of thioether (sulfide) groups is 1. The molecule has 0 atom stereocenters. The van der Waals surface area contributed by atoms with Gasteiger partial charge >= 0.3 is 0 Å². The standard InChI is InChI=1S/C26H19N3OS2/c1-18-12-14-22(15-13-18)29-25(31)23(32-26(29)30)16-20-17-28(21-10-6-3-7-11-21)27-24(20)19-8-4-2-5-9-19/h2-17H,1H3/b23-16-. The zero-order valence-electron chi connectivity index (χ0n) is 17.3. The van der Waals surface area contributed by atoms with Crippen LogP contribution in [0.1, 0.15) is 11.1 Å². The molecule has 1 aliphatic rings. The number of carbonyl (C=O) groups is 1. The number of rotatable bonds is 4. The van der Waals surface area contributed by atoms with Crippen LogP contribution in [0.4, 0.5) is 10.5 Å². The minimum absolute atomic E-state index is 0.0955. The van der Waals surface area contributed by atoms with E-state index in [9.17, 15) is 4.79 Å². The number of amides is 1. The zero-order valence-corrected chi connectivity index (χ0v) is 18.9. The SMILES string of the molecule is Cc1ccc(N2C(=O)S/C(=C\c3cn(-c4ccccc4)nc3-c3ccccc3)C2=S)cc1. The highest BCUT2D eigenvalue weighted by Gasteiger charge is 2.33. The van der Waals surface area contributed by atoms with Crippen molar-refractivity contribution in [1.29, 1.82) is 0 Å². The number of aryl methyl sites for hydroxylation is 1. The fourth-order valence-electron chi connectivity index (χ4n) is 3.55. The third kappa shape index (κ3) is 3.90. The summed E-state index contributed by atoms with van der Waals surface area (Å²) in [4.78, 5) is 15.6. The van der Waals surface area contributed by atoms with Crippen molar-refractivity contribution in [2.24, 2.45) is 0 Å². The molecular weight excluding hydrogens is 434 g/mol. The van der Waals surface area contributed by atoms with E-state index in [1.165, 1.54) is 0 Å². The maximum atomic E-state index is 12.8. The molecule has 0 aliphatic carbocycles. The molecule has 156 valence electrons. The molecule has 32 heavy (non-hydrogen) atoms. The van der Waals surface area contributed by atoms with Crippen molar-refractivity contribution in [3.63, 3.8) is 0 Å². The number of hydrogen-bond acceptors (Lipinski definition) is 4. The van der Waals surface area contributed by atoms with Crippen molar-refractivity contribution in [2.45, 2.75) is 6.92 Å². The topological polar surface area (TPSA) is 38.1 Å². The van der Waals surface area contributed by atoms with Crippen LogP contribution in [0.3, 0.4) is 0 Å². The minimum atomic E-state index is -0.0955. The van der Waals surface area contributed by atoms with Gasteiger partial charge in [-0.3, -0.25) is 9.69 Å². The zero-order chi connectivity index (χ0) is 22.1. The number of thiocarbonyl (C=S) groups is 1. The van der Waals surface area contributed by atoms with E-state index in [-0.39, 0.29) is 5.24 Å². The summed E-state index contributed by atoms with van der Waals surface area (Å²) in [6, 6.07) is 27.8. The maximum absolute atomic E-state index is 12.8. The second kappa shape index (κ2) is 8.57. The second-order valence-electron chi connectivity index (χ2n) is 7.43. The van der Waals surface area contributed by atoms with Crippen molar-refractivity contribution in [3.05, 3.63) is 107 Å². The Hall–Kier alpha value is -3.48. The molecule has 0 bridgehead atoms. The van der Waals surface area contributed by atoms with Crippen LogP contribution < -0.4 is 4.90 Å². The molecular formula is C26H19N3OS2. The van der Waals surface area contributed by atoms with Gasteiger partial charge in [-0.25, -0.2) is 4.68 Å². The first-order valence-electron chi connectivity index (χ1n) is 10.2. The summed E-state index contributed by atoms with van der Waals surface area (Å²) in [7, 11) is 0. The maximum Gasteiger partial charge on any atom is 0.296 e. The first-order chi connectivity index (χ1) is 15.6. The molecule has 0 N–H and O–H groups in total. The summed E-state index contributed by atoms with van der Waals surface area (Å²) in [5.41, 5.74) is 5.63. The lowest BCUT2D eigenvalue weighted by atomic mass is 10.1. The minimum Gasteiger partial charge on any atom is -0.261 e. The summed E-state index contributed by atoms with van der Waals surface area (Å²) in [5, 5.41) is 4.75. The fourth-order valence-corrected chi connectivity index (χ4v) is 4.82. The quantitative estimate of drug-likeness (QED) is 0.249. The van der Waals surface area contributed by atoms with Gasteiger partial charge in [0.1, 0.15) is 4.99 Å². The van der Waals surface area contributed by atoms with Crippen LogP contribution in [0.25, 0.3) is 23.0 Å². The van der Waals surface area contributed by atoms with Gasteiger partial charge in [0, 0.05) is 17.3 Å². The molecule has 1 saturated heterocycles. The molecule has 1 aliphatic heterocycles. The number of hydrogen-bond donors (Lipinski definition) is 0. The number of nitrogens with zero attached hydrogens (tertiary/aromatic N) is 3. The molecule has 2 heterocycles. The van der Waals surface area contributed by atoms with Crippen LogP contribution in [-0.4, -0.2) is 20.0 Å². The molecule has 0 unspecified atom stereocenters. The van der Waals surface area contributed by atoms with Crippen LogP contribution >= 0.6 is 24.0 Å². The lowest BCUT2D eigenvalue weighted by molar-refractivity contribution is 0.268. The van der Waals surface area contributed by atoms with E-state index in [0.29, 0.717) is 4.99 Å². The van der Waals surface area contributed by atoms with Crippen LogP contribution in [0, 0.1) is 6.92 Å². The first-order valence-corrected chi connectivity index (χ1v) is 11.4. The van der Waals surface area contributed by atoms with Crippen LogP contribution in [-0.2, 0) is 0 Å². The molecule has 1 aromatic heterocycles. The van der Waals surface area contributed by atoms with E-state index in [2.05, 4.69) is 0 Å². The average Bonchev–Trinajstić information content (AvgIpc) is 3.36. The van der Waals surface area contributed by atoms with E-state index in [1.807, 2.05) is 109 Å². The van der Waals surface area contributed by atoms with Crippen molar-refractivity contribution in [2.75, 3.05) is 4.90 Å². The Labute approximate surface area is 196 Å². The summed E-state index contributed by atoms with van der Waals surface area (Å²) < 4.78 is 1.86. The largest absolute Gasteiger partial charge is 0.296 e. The van der Waals surface area contributed by atoms with Gasteiger partial charge in [-0.2, -0.15) is 5.10 Å². The highest BCUT2D eigenvalue weighted by atomic mass is 32.2. The Morgan fingerprint density at radius 3 is 2.22 bits per heavy atom. The predicted molar refractivity (Wildman–Crippen MR) is 136 cm³/mol. The molecule has 5 rings (SSSR count). The molecule has 0 radical (unpaired) electrons. The lowest BCUT2D eigenvalue weighted by Gasteiger charge is -2.14. The van der Waals surface area contributed by atoms with Gasteiger partial charge in [0.15, 0.2) is 0 Å².